The summed E-state index contributed by atoms with van der Waals surface area (Å²) >= 11 is 0. The number of aromatic nitrogens is 2. The maximum absolute atomic E-state index is 14.1. The SMILES string of the molecule is N#CC1C(=N)Oc2n[nH]c(-c3ccc4c(c3)OCO4)c2C12C(=O)N(CC(=O)[O-])c1ccccc12. The van der Waals surface area contributed by atoms with Crippen molar-refractivity contribution in [3.63, 3.8) is 0 Å². The highest BCUT2D eigenvalue weighted by Gasteiger charge is 2.64. The second-order valence-electron chi connectivity index (χ2n) is 7.96. The first-order chi connectivity index (χ1) is 16.5. The fourth-order valence-corrected chi connectivity index (χ4v) is 4.97. The normalized spacial score (nSPS) is 21.7. The van der Waals surface area contributed by atoms with Crippen molar-refractivity contribution in [1.29, 1.82) is 10.7 Å². The summed E-state index contributed by atoms with van der Waals surface area (Å²) in [6, 6.07) is 13.8. The van der Waals surface area contributed by atoms with Gasteiger partial charge < -0.3 is 29.0 Å². The topological polar surface area (TPSA) is 164 Å². The van der Waals surface area contributed by atoms with E-state index in [2.05, 4.69) is 10.2 Å². The molecule has 1 aromatic heterocycles. The molecular formula is C23H14N5O6-. The number of benzene rings is 2. The molecule has 3 aliphatic heterocycles. The van der Waals surface area contributed by atoms with E-state index in [-0.39, 0.29) is 18.2 Å². The fourth-order valence-electron chi connectivity index (χ4n) is 4.97. The molecule has 0 radical (unpaired) electrons. The quantitative estimate of drug-likeness (QED) is 0.581. The van der Waals surface area contributed by atoms with Crippen molar-refractivity contribution < 1.29 is 28.9 Å². The van der Waals surface area contributed by atoms with Gasteiger partial charge in [-0.05, 0) is 29.8 Å². The number of nitrogens with one attached hydrogen (secondary N) is 2. The Hall–Kier alpha value is -4.85. The van der Waals surface area contributed by atoms with Crippen LogP contribution in [0.5, 0.6) is 17.4 Å². The van der Waals surface area contributed by atoms with Gasteiger partial charge in [0.1, 0.15) is 11.3 Å². The molecule has 2 N–H and O–H groups in total. The number of para-hydroxylation sites is 1. The summed E-state index contributed by atoms with van der Waals surface area (Å²) in [6.07, 6.45) is 0. The van der Waals surface area contributed by atoms with Crippen molar-refractivity contribution in [2.45, 2.75) is 5.41 Å². The molecule has 0 bridgehead atoms. The van der Waals surface area contributed by atoms with Crippen LogP contribution in [0.3, 0.4) is 0 Å². The molecule has 2 atom stereocenters. The smallest absolute Gasteiger partial charge is 0.244 e. The Morgan fingerprint density at radius 2 is 2.09 bits per heavy atom. The van der Waals surface area contributed by atoms with E-state index in [1.54, 1.807) is 42.5 Å². The van der Waals surface area contributed by atoms with Gasteiger partial charge in [-0.15, -0.1) is 5.10 Å². The standard InChI is InChI=1S/C23H15N5O6/c24-8-13-20(25)34-21-18(19(26-27-21)11-5-6-15-16(7-11)33-10-32-15)23(13)12-3-1-2-4-14(12)28(22(23)31)9-17(29)30/h1-7,13,25H,9-10H2,(H,26,27)(H,29,30)/p-1. The van der Waals surface area contributed by atoms with Crippen LogP contribution >= 0.6 is 0 Å². The first-order valence-electron chi connectivity index (χ1n) is 10.2. The summed E-state index contributed by atoms with van der Waals surface area (Å²) in [5, 5.41) is 37.1. The summed E-state index contributed by atoms with van der Waals surface area (Å²) < 4.78 is 16.4. The lowest BCUT2D eigenvalue weighted by molar-refractivity contribution is -0.303. The highest BCUT2D eigenvalue weighted by atomic mass is 16.7. The maximum atomic E-state index is 14.1. The number of fused-ring (bicyclic) bond motifs is 5. The number of rotatable bonds is 3. The number of carbonyl (C=O) groups excluding carboxylic acids is 2. The van der Waals surface area contributed by atoms with Crippen LogP contribution < -0.4 is 24.2 Å². The Bertz CT molecular complexity index is 1460. The fraction of sp³-hybridized carbons (Fsp3) is 0.174. The Balaban J connectivity index is 1.66. The van der Waals surface area contributed by atoms with Gasteiger partial charge >= 0.3 is 0 Å². The predicted octanol–water partition coefficient (Wildman–Crippen LogP) is 0.697. The molecule has 11 nitrogen and oxygen atoms in total. The molecule has 0 fully saturated rings. The number of carboxylic acids is 1. The zero-order valence-corrected chi connectivity index (χ0v) is 17.3. The molecule has 0 aliphatic carbocycles. The molecular weight excluding hydrogens is 442 g/mol. The van der Waals surface area contributed by atoms with Crippen molar-refractivity contribution in [2.75, 3.05) is 18.2 Å². The summed E-state index contributed by atoms with van der Waals surface area (Å²) in [5.74, 6) is -2.96. The van der Waals surface area contributed by atoms with Crippen molar-refractivity contribution in [1.82, 2.24) is 10.2 Å². The van der Waals surface area contributed by atoms with Gasteiger partial charge in [-0.25, -0.2) is 0 Å². The van der Waals surface area contributed by atoms with E-state index < -0.39 is 35.7 Å². The maximum Gasteiger partial charge on any atom is 0.244 e. The van der Waals surface area contributed by atoms with Crippen molar-refractivity contribution in [2.24, 2.45) is 5.92 Å². The largest absolute Gasteiger partial charge is 0.548 e. The third-order valence-electron chi connectivity index (χ3n) is 6.31. The van der Waals surface area contributed by atoms with Crippen molar-refractivity contribution >= 4 is 23.5 Å². The lowest BCUT2D eigenvalue weighted by Crippen LogP contribution is -2.53. The van der Waals surface area contributed by atoms with Gasteiger partial charge in [0, 0.05) is 11.3 Å². The zero-order chi connectivity index (χ0) is 23.6. The van der Waals surface area contributed by atoms with Crippen molar-refractivity contribution in [3.05, 3.63) is 53.6 Å². The molecule has 0 saturated heterocycles. The van der Waals surface area contributed by atoms with Crippen molar-refractivity contribution in [3.8, 4) is 34.7 Å². The molecule has 1 amide bonds. The Kier molecular flexibility index (Phi) is 3.97. The molecule has 6 rings (SSSR count). The number of H-pyrrole nitrogens is 1. The third-order valence-corrected chi connectivity index (χ3v) is 6.31. The van der Waals surface area contributed by atoms with Gasteiger partial charge in [-0.1, -0.05) is 18.2 Å². The van der Waals surface area contributed by atoms with Crippen LogP contribution in [0.4, 0.5) is 5.69 Å². The number of hydrogen-bond acceptors (Lipinski definition) is 9. The second-order valence-corrected chi connectivity index (χ2v) is 7.96. The number of amides is 1. The van der Waals surface area contributed by atoms with Gasteiger partial charge in [0.15, 0.2) is 11.5 Å². The molecule has 1 spiro atoms. The first-order valence-corrected chi connectivity index (χ1v) is 10.2. The molecule has 2 aromatic carbocycles. The van der Waals surface area contributed by atoms with Crippen LogP contribution in [0.2, 0.25) is 0 Å². The molecule has 0 saturated carbocycles. The Morgan fingerprint density at radius 1 is 1.29 bits per heavy atom. The van der Waals surface area contributed by atoms with Crippen LogP contribution in [-0.2, 0) is 15.0 Å². The third kappa shape index (κ3) is 2.39. The first kappa shape index (κ1) is 19.8. The van der Waals surface area contributed by atoms with Gasteiger partial charge in [-0.3, -0.25) is 15.3 Å². The van der Waals surface area contributed by atoms with Crippen LogP contribution in [0.1, 0.15) is 11.1 Å². The van der Waals surface area contributed by atoms with Crippen LogP contribution in [0.25, 0.3) is 11.3 Å². The number of aromatic amines is 1. The number of aliphatic carboxylic acids is 1. The minimum absolute atomic E-state index is 0.0392. The van der Waals surface area contributed by atoms with E-state index in [1.807, 2.05) is 6.07 Å². The molecule has 34 heavy (non-hydrogen) atoms. The molecule has 168 valence electrons. The molecule has 11 heteroatoms. The van der Waals surface area contributed by atoms with E-state index in [0.717, 1.165) is 4.90 Å². The van der Waals surface area contributed by atoms with E-state index >= 15 is 0 Å². The highest BCUT2D eigenvalue weighted by Crippen LogP contribution is 2.57. The number of carboxylic acid groups (broad SMARTS) is 1. The molecule has 3 aliphatic rings. The van der Waals surface area contributed by atoms with Crippen LogP contribution in [0.15, 0.2) is 42.5 Å². The lowest BCUT2D eigenvalue weighted by Gasteiger charge is -2.36. The van der Waals surface area contributed by atoms with Crippen LogP contribution in [0, 0.1) is 22.7 Å². The molecule has 2 unspecified atom stereocenters. The minimum Gasteiger partial charge on any atom is -0.548 e. The molecule has 4 heterocycles. The number of ether oxygens (including phenoxy) is 3. The minimum atomic E-state index is -1.76. The highest BCUT2D eigenvalue weighted by molar-refractivity contribution is 6.16. The van der Waals surface area contributed by atoms with E-state index in [4.69, 9.17) is 19.6 Å². The Labute approximate surface area is 191 Å². The van der Waals surface area contributed by atoms with Crippen LogP contribution in [-0.4, -0.2) is 41.3 Å². The van der Waals surface area contributed by atoms with Gasteiger partial charge in [0.05, 0.1) is 29.8 Å². The second kappa shape index (κ2) is 6.82. The molecule has 3 aromatic rings. The zero-order valence-electron chi connectivity index (χ0n) is 17.3. The summed E-state index contributed by atoms with van der Waals surface area (Å²) in [4.78, 5) is 26.6. The number of anilines is 1. The lowest BCUT2D eigenvalue weighted by atomic mass is 9.65. The van der Waals surface area contributed by atoms with E-state index in [9.17, 15) is 20.0 Å². The van der Waals surface area contributed by atoms with E-state index in [0.29, 0.717) is 34.0 Å². The number of nitrogens with zero attached hydrogens (tertiary/aromatic N) is 3. The van der Waals surface area contributed by atoms with Gasteiger partial charge in [0.25, 0.3) is 0 Å². The Morgan fingerprint density at radius 3 is 2.88 bits per heavy atom. The average Bonchev–Trinajstić information content (AvgIpc) is 3.52. The summed E-state index contributed by atoms with van der Waals surface area (Å²) in [7, 11) is 0. The number of nitriles is 1. The van der Waals surface area contributed by atoms with E-state index in [1.165, 1.54) is 0 Å². The summed E-state index contributed by atoms with van der Waals surface area (Å²) in [6.45, 7) is -0.638. The monoisotopic (exact) mass is 456 g/mol. The number of hydrogen-bond donors (Lipinski definition) is 2. The predicted molar refractivity (Wildman–Crippen MR) is 112 cm³/mol. The summed E-state index contributed by atoms with van der Waals surface area (Å²) in [5.41, 5.74) is 0.131. The van der Waals surface area contributed by atoms with Gasteiger partial charge in [-0.2, -0.15) is 5.26 Å². The number of carbonyl (C=O) groups is 2. The van der Waals surface area contributed by atoms with Gasteiger partial charge in [0.2, 0.25) is 24.5 Å². The average molecular weight is 456 g/mol.